The number of hydrogen-bond acceptors (Lipinski definition) is 2. The van der Waals surface area contributed by atoms with Crippen molar-refractivity contribution in [3.63, 3.8) is 0 Å². The summed E-state index contributed by atoms with van der Waals surface area (Å²) in [6, 6.07) is 0. The van der Waals surface area contributed by atoms with Crippen LogP contribution in [0.15, 0.2) is 0 Å². The van der Waals surface area contributed by atoms with Crippen LogP contribution in [0.5, 0.6) is 0 Å². The summed E-state index contributed by atoms with van der Waals surface area (Å²) in [5, 5.41) is 16.7. The lowest BCUT2D eigenvalue weighted by molar-refractivity contribution is -0.153. The Kier molecular flexibility index (Phi) is 3.18. The third-order valence-electron chi connectivity index (χ3n) is 1.51. The molecule has 0 aromatic carbocycles. The third-order valence-corrected chi connectivity index (χ3v) is 1.51. The van der Waals surface area contributed by atoms with E-state index >= 15 is 0 Å². The molecule has 0 spiro atoms. The van der Waals surface area contributed by atoms with Crippen LogP contribution in [0.25, 0.3) is 0 Å². The van der Waals surface area contributed by atoms with Crippen molar-refractivity contribution in [2.75, 3.05) is 0 Å². The zero-order chi connectivity index (χ0) is 9.94. The summed E-state index contributed by atoms with van der Waals surface area (Å²) in [5.74, 6) is -4.23. The van der Waals surface area contributed by atoms with Crippen LogP contribution in [-0.2, 0) is 9.59 Å². The maximum Gasteiger partial charge on any atom is 0.310 e. The van der Waals surface area contributed by atoms with Crippen molar-refractivity contribution in [1.29, 1.82) is 0 Å². The second kappa shape index (κ2) is 3.51. The number of aliphatic carboxylic acids is 2. The first kappa shape index (κ1) is 10.9. The van der Waals surface area contributed by atoms with Gasteiger partial charge >= 0.3 is 11.9 Å². The van der Waals surface area contributed by atoms with Crippen molar-refractivity contribution in [2.24, 2.45) is 5.92 Å². The molecule has 12 heavy (non-hydrogen) atoms. The minimum Gasteiger partial charge on any atom is -0.481 e. The first-order valence-electron chi connectivity index (χ1n) is 3.38. The number of carbonyl (C=O) groups is 2. The molecule has 70 valence electrons. The standard InChI is InChI=1S/C7H11FO4/c1-7(2,8)4(6(11)12)3-5(9)10/h4H,3H2,1-2H3,(H,9,10)(H,11,12). The molecule has 0 aromatic rings. The fourth-order valence-electron chi connectivity index (χ4n) is 0.798. The first-order valence-corrected chi connectivity index (χ1v) is 3.38. The average molecular weight is 178 g/mol. The van der Waals surface area contributed by atoms with Crippen LogP contribution < -0.4 is 0 Å². The molecule has 0 radical (unpaired) electrons. The molecule has 0 rings (SSSR count). The fraction of sp³-hybridized carbons (Fsp3) is 0.714. The van der Waals surface area contributed by atoms with E-state index < -0.39 is 29.9 Å². The Morgan fingerprint density at radius 2 is 1.83 bits per heavy atom. The van der Waals surface area contributed by atoms with Gasteiger partial charge in [0.15, 0.2) is 0 Å². The van der Waals surface area contributed by atoms with Crippen LogP contribution in [0.2, 0.25) is 0 Å². The van der Waals surface area contributed by atoms with Gasteiger partial charge in [-0.15, -0.1) is 0 Å². The summed E-state index contributed by atoms with van der Waals surface area (Å²) in [4.78, 5) is 20.5. The molecule has 0 bridgehead atoms. The molecule has 4 nitrogen and oxygen atoms in total. The van der Waals surface area contributed by atoms with Gasteiger partial charge in [0.25, 0.3) is 0 Å². The van der Waals surface area contributed by atoms with E-state index in [0.29, 0.717) is 0 Å². The Bertz CT molecular complexity index is 194. The summed E-state index contributed by atoms with van der Waals surface area (Å²) in [6.07, 6.45) is -0.696. The molecule has 1 unspecified atom stereocenters. The van der Waals surface area contributed by atoms with E-state index in [2.05, 4.69) is 0 Å². The van der Waals surface area contributed by atoms with Gasteiger partial charge in [-0.1, -0.05) is 0 Å². The fourth-order valence-corrected chi connectivity index (χ4v) is 0.798. The van der Waals surface area contributed by atoms with Crippen LogP contribution in [-0.4, -0.2) is 27.8 Å². The smallest absolute Gasteiger partial charge is 0.310 e. The molecule has 5 heteroatoms. The van der Waals surface area contributed by atoms with E-state index in [1.165, 1.54) is 0 Å². The van der Waals surface area contributed by atoms with Gasteiger partial charge in [0.05, 0.1) is 6.42 Å². The first-order chi connectivity index (χ1) is 5.25. The van der Waals surface area contributed by atoms with Gasteiger partial charge in [0.2, 0.25) is 0 Å². The Morgan fingerprint density at radius 3 is 1.92 bits per heavy atom. The van der Waals surface area contributed by atoms with Gasteiger partial charge in [-0.2, -0.15) is 0 Å². The molecule has 0 saturated heterocycles. The quantitative estimate of drug-likeness (QED) is 0.670. The predicted octanol–water partition coefficient (Wildman–Crippen LogP) is 0.910. The lowest BCUT2D eigenvalue weighted by Crippen LogP contribution is -2.34. The van der Waals surface area contributed by atoms with E-state index in [-0.39, 0.29) is 0 Å². The lowest BCUT2D eigenvalue weighted by Gasteiger charge is -2.21. The maximum atomic E-state index is 13.0. The number of carboxylic acid groups (broad SMARTS) is 2. The number of halogens is 1. The van der Waals surface area contributed by atoms with Crippen LogP contribution >= 0.6 is 0 Å². The van der Waals surface area contributed by atoms with E-state index in [1.807, 2.05) is 0 Å². The minimum absolute atomic E-state index is 0.696. The predicted molar refractivity (Wildman–Crippen MR) is 38.6 cm³/mol. The highest BCUT2D eigenvalue weighted by Crippen LogP contribution is 2.24. The maximum absolute atomic E-state index is 13.0. The molecule has 2 N–H and O–H groups in total. The highest BCUT2D eigenvalue weighted by atomic mass is 19.1. The zero-order valence-corrected chi connectivity index (χ0v) is 6.87. The van der Waals surface area contributed by atoms with Gasteiger partial charge in [-0.25, -0.2) is 4.39 Å². The van der Waals surface area contributed by atoms with Crippen LogP contribution in [0.4, 0.5) is 4.39 Å². The van der Waals surface area contributed by atoms with Crippen molar-refractivity contribution < 1.29 is 24.2 Å². The van der Waals surface area contributed by atoms with Gasteiger partial charge in [-0.05, 0) is 13.8 Å². The molecule has 0 aromatic heterocycles. The van der Waals surface area contributed by atoms with Crippen molar-refractivity contribution in [2.45, 2.75) is 25.9 Å². The molecule has 1 atom stereocenters. The minimum atomic E-state index is -2.01. The largest absolute Gasteiger partial charge is 0.481 e. The molecule has 0 saturated carbocycles. The molecule has 0 amide bonds. The van der Waals surface area contributed by atoms with Crippen LogP contribution in [0.1, 0.15) is 20.3 Å². The third kappa shape index (κ3) is 3.32. The van der Waals surface area contributed by atoms with Crippen LogP contribution in [0, 0.1) is 5.92 Å². The molecular weight excluding hydrogens is 167 g/mol. The van der Waals surface area contributed by atoms with E-state index in [4.69, 9.17) is 10.2 Å². The molecule has 0 heterocycles. The Morgan fingerprint density at radius 1 is 1.42 bits per heavy atom. The molecule has 0 aliphatic carbocycles. The van der Waals surface area contributed by atoms with Gasteiger partial charge in [0.1, 0.15) is 11.6 Å². The van der Waals surface area contributed by atoms with Gasteiger partial charge in [0, 0.05) is 0 Å². The lowest BCUT2D eigenvalue weighted by atomic mass is 9.90. The summed E-state index contributed by atoms with van der Waals surface area (Å²) < 4.78 is 13.0. The highest BCUT2D eigenvalue weighted by molar-refractivity contribution is 5.78. The molecule has 0 fully saturated rings. The summed E-state index contributed by atoms with van der Waals surface area (Å²) in [6.45, 7) is 2.10. The molecular formula is C7H11FO4. The number of carboxylic acids is 2. The van der Waals surface area contributed by atoms with Gasteiger partial charge in [-0.3, -0.25) is 9.59 Å². The number of rotatable bonds is 4. The Balaban J connectivity index is 4.46. The second-order valence-electron chi connectivity index (χ2n) is 3.05. The summed E-state index contributed by atoms with van der Waals surface area (Å²) in [5.41, 5.74) is -2.01. The SMILES string of the molecule is CC(C)(F)C(CC(=O)O)C(=O)O. The van der Waals surface area contributed by atoms with Crippen molar-refractivity contribution in [1.82, 2.24) is 0 Å². The van der Waals surface area contributed by atoms with E-state index in [0.717, 1.165) is 13.8 Å². The molecule has 0 aliphatic rings. The summed E-state index contributed by atoms with van der Waals surface area (Å²) in [7, 11) is 0. The van der Waals surface area contributed by atoms with Crippen molar-refractivity contribution in [3.05, 3.63) is 0 Å². The van der Waals surface area contributed by atoms with Gasteiger partial charge < -0.3 is 10.2 Å². The van der Waals surface area contributed by atoms with E-state index in [1.54, 1.807) is 0 Å². The highest BCUT2D eigenvalue weighted by Gasteiger charge is 2.36. The monoisotopic (exact) mass is 178 g/mol. The zero-order valence-electron chi connectivity index (χ0n) is 6.87. The van der Waals surface area contributed by atoms with Crippen LogP contribution in [0.3, 0.4) is 0 Å². The van der Waals surface area contributed by atoms with Crippen molar-refractivity contribution in [3.8, 4) is 0 Å². The number of hydrogen-bond donors (Lipinski definition) is 2. The van der Waals surface area contributed by atoms with E-state index in [9.17, 15) is 14.0 Å². The second-order valence-corrected chi connectivity index (χ2v) is 3.05. The Hall–Kier alpha value is -1.13. The summed E-state index contributed by atoms with van der Waals surface area (Å²) >= 11 is 0. The number of alkyl halides is 1. The topological polar surface area (TPSA) is 74.6 Å². The average Bonchev–Trinajstić information content (AvgIpc) is 1.79. The Labute approximate surface area is 69.0 Å². The molecule has 0 aliphatic heterocycles. The normalized spacial score (nSPS) is 13.9. The van der Waals surface area contributed by atoms with Crippen molar-refractivity contribution >= 4 is 11.9 Å².